The zero-order chi connectivity index (χ0) is 14.6. The van der Waals surface area contributed by atoms with Crippen LogP contribution in [0, 0.1) is 6.92 Å². The van der Waals surface area contributed by atoms with Crippen LogP contribution in [0.25, 0.3) is 6.08 Å². The lowest BCUT2D eigenvalue weighted by Gasteiger charge is -2.02. The largest absolute Gasteiger partial charge is 0.353 e. The second-order valence-electron chi connectivity index (χ2n) is 5.05. The Morgan fingerprint density at radius 1 is 1.25 bits per heavy atom. The van der Waals surface area contributed by atoms with Crippen molar-refractivity contribution < 1.29 is 4.79 Å². The minimum atomic E-state index is -0.0104. The van der Waals surface area contributed by atoms with Crippen LogP contribution in [0.5, 0.6) is 0 Å². The van der Waals surface area contributed by atoms with Gasteiger partial charge in [-0.15, -0.1) is 11.3 Å². The lowest BCUT2D eigenvalue weighted by molar-refractivity contribution is -0.116. The maximum atomic E-state index is 11.6. The normalized spacial score (nSPS) is 11.1. The van der Waals surface area contributed by atoms with Crippen molar-refractivity contribution >= 4 is 23.3 Å². The Balaban J connectivity index is 2.03. The summed E-state index contributed by atoms with van der Waals surface area (Å²) in [5.41, 5.74) is 2.77. The van der Waals surface area contributed by atoms with Gasteiger partial charge < -0.3 is 5.32 Å². The number of nitrogens with zero attached hydrogens (tertiary/aromatic N) is 1. The van der Waals surface area contributed by atoms with Gasteiger partial charge in [0.25, 0.3) is 0 Å². The van der Waals surface area contributed by atoms with Crippen molar-refractivity contribution in [1.29, 1.82) is 0 Å². The van der Waals surface area contributed by atoms with Crippen LogP contribution >= 0.6 is 11.3 Å². The number of nitrogens with one attached hydrogen (secondary N) is 1. The van der Waals surface area contributed by atoms with Crippen molar-refractivity contribution in [3.05, 3.63) is 22.2 Å². The monoisotopic (exact) mass is 294 g/mol. The van der Waals surface area contributed by atoms with Gasteiger partial charge in [0, 0.05) is 17.5 Å². The van der Waals surface area contributed by atoms with E-state index in [2.05, 4.69) is 17.2 Å². The molecule has 0 bridgehead atoms. The number of carbonyl (C=O) groups excluding carboxylic acids is 1. The van der Waals surface area contributed by atoms with Crippen LogP contribution in [0.1, 0.15) is 62.4 Å². The maximum absolute atomic E-state index is 11.6. The van der Waals surface area contributed by atoms with E-state index in [9.17, 15) is 4.79 Å². The molecule has 0 aliphatic heterocycles. The summed E-state index contributed by atoms with van der Waals surface area (Å²) in [6.07, 6.45) is 12.3. The Bertz CT molecular complexity index is 412. The Kier molecular flexibility index (Phi) is 8.96. The highest BCUT2D eigenvalue weighted by Gasteiger charge is 1.98. The molecule has 0 atom stereocenters. The van der Waals surface area contributed by atoms with Crippen molar-refractivity contribution in [2.75, 3.05) is 6.54 Å². The summed E-state index contributed by atoms with van der Waals surface area (Å²) in [6, 6.07) is 0. The first-order chi connectivity index (χ1) is 9.74. The summed E-state index contributed by atoms with van der Waals surface area (Å²) in [6.45, 7) is 4.96. The molecule has 0 fully saturated rings. The first-order valence-corrected chi connectivity index (χ1v) is 8.48. The first-order valence-electron chi connectivity index (χ1n) is 7.60. The van der Waals surface area contributed by atoms with E-state index in [1.807, 2.05) is 13.0 Å². The van der Waals surface area contributed by atoms with E-state index in [4.69, 9.17) is 0 Å². The fraction of sp³-hybridized carbons (Fsp3) is 0.625. The fourth-order valence-corrected chi connectivity index (χ4v) is 2.67. The Morgan fingerprint density at radius 2 is 1.95 bits per heavy atom. The van der Waals surface area contributed by atoms with Crippen molar-refractivity contribution in [3.8, 4) is 0 Å². The first kappa shape index (κ1) is 16.9. The van der Waals surface area contributed by atoms with Crippen molar-refractivity contribution in [3.63, 3.8) is 0 Å². The minimum Gasteiger partial charge on any atom is -0.353 e. The summed E-state index contributed by atoms with van der Waals surface area (Å²) < 4.78 is 0. The third-order valence-corrected chi connectivity index (χ3v) is 4.14. The van der Waals surface area contributed by atoms with Gasteiger partial charge in [0.05, 0.1) is 11.2 Å². The van der Waals surface area contributed by atoms with E-state index in [1.54, 1.807) is 22.9 Å². The number of hydrogen-bond acceptors (Lipinski definition) is 3. The van der Waals surface area contributed by atoms with E-state index < -0.39 is 0 Å². The van der Waals surface area contributed by atoms with E-state index >= 15 is 0 Å². The lowest BCUT2D eigenvalue weighted by Crippen LogP contribution is -2.21. The van der Waals surface area contributed by atoms with E-state index in [-0.39, 0.29) is 5.91 Å². The number of unbranched alkanes of at least 4 members (excludes halogenated alkanes) is 6. The van der Waals surface area contributed by atoms with E-state index in [0.29, 0.717) is 0 Å². The summed E-state index contributed by atoms with van der Waals surface area (Å²) >= 11 is 1.55. The standard InChI is InChI=1S/C16H26N2OS/c1-3-4-5-6-7-8-9-12-17-16(19)11-10-15-14(2)18-13-20-15/h10-11,13H,3-9,12H2,1-2H3,(H,17,19)/b11-10+. The summed E-state index contributed by atoms with van der Waals surface area (Å²) in [5, 5.41) is 2.93. The molecular weight excluding hydrogens is 268 g/mol. The quantitative estimate of drug-likeness (QED) is 0.515. The van der Waals surface area contributed by atoms with Crippen LogP contribution in [0.3, 0.4) is 0 Å². The molecule has 0 aliphatic carbocycles. The predicted molar refractivity (Wildman–Crippen MR) is 86.9 cm³/mol. The number of aryl methyl sites for hydroxylation is 1. The van der Waals surface area contributed by atoms with E-state index in [0.717, 1.165) is 23.5 Å². The molecule has 0 radical (unpaired) electrons. The van der Waals surface area contributed by atoms with Crippen molar-refractivity contribution in [1.82, 2.24) is 10.3 Å². The molecule has 1 amide bonds. The van der Waals surface area contributed by atoms with Gasteiger partial charge in [-0.3, -0.25) is 4.79 Å². The lowest BCUT2D eigenvalue weighted by atomic mass is 10.1. The van der Waals surface area contributed by atoms with Crippen LogP contribution in [-0.2, 0) is 4.79 Å². The maximum Gasteiger partial charge on any atom is 0.244 e. The molecule has 0 saturated carbocycles. The van der Waals surface area contributed by atoms with Gasteiger partial charge in [-0.05, 0) is 19.4 Å². The predicted octanol–water partition coefficient (Wildman–Crippen LogP) is 4.33. The van der Waals surface area contributed by atoms with Gasteiger partial charge in [0.15, 0.2) is 0 Å². The molecule has 1 aromatic heterocycles. The number of rotatable bonds is 10. The minimum absolute atomic E-state index is 0.0104. The number of carbonyl (C=O) groups is 1. The number of aromatic nitrogens is 1. The number of hydrogen-bond donors (Lipinski definition) is 1. The molecule has 1 N–H and O–H groups in total. The molecule has 112 valence electrons. The average Bonchev–Trinajstić information content (AvgIpc) is 2.85. The zero-order valence-electron chi connectivity index (χ0n) is 12.7. The molecule has 1 aromatic rings. The molecular formula is C16H26N2OS. The smallest absolute Gasteiger partial charge is 0.244 e. The topological polar surface area (TPSA) is 42.0 Å². The molecule has 0 aromatic carbocycles. The molecule has 3 nitrogen and oxygen atoms in total. The third kappa shape index (κ3) is 7.43. The molecule has 0 saturated heterocycles. The molecule has 1 rings (SSSR count). The summed E-state index contributed by atoms with van der Waals surface area (Å²) in [7, 11) is 0. The molecule has 4 heteroatoms. The van der Waals surface area contributed by atoms with Crippen LogP contribution < -0.4 is 5.32 Å². The number of thiazole rings is 1. The molecule has 0 aliphatic rings. The van der Waals surface area contributed by atoms with Gasteiger partial charge in [0.1, 0.15) is 0 Å². The van der Waals surface area contributed by atoms with Crippen LogP contribution in [0.2, 0.25) is 0 Å². The second-order valence-corrected chi connectivity index (χ2v) is 5.93. The third-order valence-electron chi connectivity index (χ3n) is 3.25. The average molecular weight is 294 g/mol. The van der Waals surface area contributed by atoms with E-state index in [1.165, 1.54) is 38.5 Å². The van der Waals surface area contributed by atoms with Gasteiger partial charge in [-0.1, -0.05) is 45.4 Å². The Hall–Kier alpha value is -1.16. The molecule has 0 unspecified atom stereocenters. The molecule has 0 spiro atoms. The summed E-state index contributed by atoms with van der Waals surface area (Å²) in [4.78, 5) is 16.8. The van der Waals surface area contributed by atoms with Gasteiger partial charge >= 0.3 is 0 Å². The molecule has 20 heavy (non-hydrogen) atoms. The zero-order valence-corrected chi connectivity index (χ0v) is 13.5. The van der Waals surface area contributed by atoms with Gasteiger partial charge in [-0.25, -0.2) is 4.98 Å². The second kappa shape index (κ2) is 10.6. The van der Waals surface area contributed by atoms with Gasteiger partial charge in [0.2, 0.25) is 5.91 Å². The highest BCUT2D eigenvalue weighted by atomic mass is 32.1. The van der Waals surface area contributed by atoms with Crippen molar-refractivity contribution in [2.45, 2.75) is 58.8 Å². The highest BCUT2D eigenvalue weighted by molar-refractivity contribution is 7.10. The Labute approximate surface area is 126 Å². The van der Waals surface area contributed by atoms with Crippen molar-refractivity contribution in [2.24, 2.45) is 0 Å². The molecule has 1 heterocycles. The summed E-state index contributed by atoms with van der Waals surface area (Å²) in [5.74, 6) is -0.0104. The van der Waals surface area contributed by atoms with Gasteiger partial charge in [-0.2, -0.15) is 0 Å². The van der Waals surface area contributed by atoms with Crippen LogP contribution in [-0.4, -0.2) is 17.4 Å². The fourth-order valence-electron chi connectivity index (χ4n) is 1.97. The highest BCUT2D eigenvalue weighted by Crippen LogP contribution is 2.13. The SMILES string of the molecule is CCCCCCCCCNC(=O)/C=C/c1scnc1C. The van der Waals surface area contributed by atoms with Crippen LogP contribution in [0.4, 0.5) is 0 Å². The number of amides is 1. The van der Waals surface area contributed by atoms with Crippen LogP contribution in [0.15, 0.2) is 11.6 Å². The Morgan fingerprint density at radius 3 is 2.60 bits per heavy atom.